The number of hydrogen-bond donors (Lipinski definition) is 3. The van der Waals surface area contributed by atoms with Gasteiger partial charge in [-0.05, 0) is 51.8 Å². The van der Waals surface area contributed by atoms with Crippen molar-refractivity contribution in [3.63, 3.8) is 0 Å². The Bertz CT molecular complexity index is 1100. The zero-order valence-electron chi connectivity index (χ0n) is 20.3. The molecule has 0 bridgehead atoms. The second-order valence-corrected chi connectivity index (χ2v) is 8.82. The van der Waals surface area contributed by atoms with E-state index in [4.69, 9.17) is 14.0 Å². The molecule has 4 rings (SSSR count). The lowest BCUT2D eigenvalue weighted by Gasteiger charge is -2.42. The van der Waals surface area contributed by atoms with Crippen molar-refractivity contribution < 1.29 is 28.4 Å². The number of benzene rings is 1. The Hall–Kier alpha value is -3.60. The van der Waals surface area contributed by atoms with E-state index in [2.05, 4.69) is 21.1 Å². The van der Waals surface area contributed by atoms with Crippen molar-refractivity contribution in [2.75, 3.05) is 30.8 Å². The van der Waals surface area contributed by atoms with Crippen molar-refractivity contribution in [2.24, 2.45) is 0 Å². The molecule has 2 aliphatic rings. The summed E-state index contributed by atoms with van der Waals surface area (Å²) in [5.41, 5.74) is 1.86. The minimum absolute atomic E-state index is 0.0455. The van der Waals surface area contributed by atoms with Crippen LogP contribution >= 0.6 is 0 Å². The molecular weight excluding hydrogens is 454 g/mol. The van der Waals surface area contributed by atoms with Gasteiger partial charge in [-0.3, -0.25) is 9.59 Å². The van der Waals surface area contributed by atoms with Crippen LogP contribution in [0.4, 0.5) is 16.2 Å². The molecule has 0 unspecified atom stereocenters. The van der Waals surface area contributed by atoms with Crippen molar-refractivity contribution >= 4 is 29.2 Å². The predicted molar refractivity (Wildman–Crippen MR) is 128 cm³/mol. The van der Waals surface area contributed by atoms with Crippen LogP contribution in [0.15, 0.2) is 22.7 Å². The molecule has 11 heteroatoms. The number of anilines is 2. The fraction of sp³-hybridized carbons (Fsp3) is 0.500. The van der Waals surface area contributed by atoms with Gasteiger partial charge in [-0.25, -0.2) is 4.79 Å². The number of ether oxygens (including phenoxy) is 2. The minimum atomic E-state index is -0.481. The number of rotatable bonds is 5. The van der Waals surface area contributed by atoms with Gasteiger partial charge in [0, 0.05) is 19.3 Å². The maximum absolute atomic E-state index is 13.3. The number of amides is 4. The Kier molecular flexibility index (Phi) is 7.25. The van der Waals surface area contributed by atoms with Crippen LogP contribution in [-0.2, 0) is 9.53 Å². The molecule has 35 heavy (non-hydrogen) atoms. The molecule has 3 atom stereocenters. The number of carbonyl (C=O) groups excluding carboxylic acids is 3. The molecule has 0 aliphatic carbocycles. The van der Waals surface area contributed by atoms with Gasteiger partial charge >= 0.3 is 6.03 Å². The summed E-state index contributed by atoms with van der Waals surface area (Å²) in [6.07, 6.45) is 1.11. The van der Waals surface area contributed by atoms with E-state index in [-0.39, 0.29) is 43.1 Å². The van der Waals surface area contributed by atoms with Crippen LogP contribution in [0.5, 0.6) is 5.75 Å². The van der Waals surface area contributed by atoms with Crippen LogP contribution in [0.3, 0.4) is 0 Å². The van der Waals surface area contributed by atoms with Gasteiger partial charge in [-0.1, -0.05) is 5.16 Å². The van der Waals surface area contributed by atoms with Crippen molar-refractivity contribution in [3.8, 4) is 5.75 Å². The number of urea groups is 1. The fourth-order valence-electron chi connectivity index (χ4n) is 4.52. The van der Waals surface area contributed by atoms with E-state index in [1.165, 1.54) is 0 Å². The first-order chi connectivity index (χ1) is 16.8. The number of fused-ring (bicyclic) bond motifs is 2. The lowest BCUT2D eigenvalue weighted by atomic mass is 9.94. The summed E-state index contributed by atoms with van der Waals surface area (Å²) >= 11 is 0. The van der Waals surface area contributed by atoms with Gasteiger partial charge in [-0.2, -0.15) is 0 Å². The Morgan fingerprint density at radius 2 is 2.00 bits per heavy atom. The third-order valence-electron chi connectivity index (χ3n) is 6.33. The van der Waals surface area contributed by atoms with Crippen LogP contribution in [-0.4, -0.2) is 66.4 Å². The summed E-state index contributed by atoms with van der Waals surface area (Å²) in [6, 6.07) is 4.26. The Morgan fingerprint density at radius 1 is 1.20 bits per heavy atom. The first kappa shape index (κ1) is 24.5. The quantitative estimate of drug-likeness (QED) is 0.593. The van der Waals surface area contributed by atoms with E-state index in [9.17, 15) is 14.4 Å². The molecule has 0 radical (unpaired) electrons. The largest absolute Gasteiger partial charge is 0.490 e. The van der Waals surface area contributed by atoms with Crippen LogP contribution in [0.1, 0.15) is 48.0 Å². The lowest BCUT2D eigenvalue weighted by molar-refractivity contribution is -0.133. The predicted octanol–water partition coefficient (Wildman–Crippen LogP) is 2.84. The van der Waals surface area contributed by atoms with Crippen LogP contribution in [0.25, 0.3) is 0 Å². The molecule has 2 aliphatic heterocycles. The summed E-state index contributed by atoms with van der Waals surface area (Å²) in [4.78, 5) is 39.5. The smallest absolute Gasteiger partial charge is 0.323 e. The van der Waals surface area contributed by atoms with E-state index in [0.29, 0.717) is 53.5 Å². The second kappa shape index (κ2) is 10.3. The molecule has 11 nitrogen and oxygen atoms in total. The number of likely N-dealkylation sites (N-methyl/N-ethyl adjacent to an activating group) is 1. The maximum atomic E-state index is 13.3. The van der Waals surface area contributed by atoms with Crippen LogP contribution in [0, 0.1) is 13.8 Å². The number of nitrogens with one attached hydrogen (secondary N) is 3. The number of nitrogens with zero attached hydrogens (tertiary/aromatic N) is 2. The zero-order chi connectivity index (χ0) is 25.1. The maximum Gasteiger partial charge on any atom is 0.323 e. The summed E-state index contributed by atoms with van der Waals surface area (Å²) in [5.74, 6) is 0.635. The number of aryl methyl sites for hydroxylation is 2. The average molecular weight is 486 g/mol. The Labute approximate surface area is 203 Å². The molecule has 0 saturated carbocycles. The van der Waals surface area contributed by atoms with Gasteiger partial charge in [-0.15, -0.1) is 0 Å². The monoisotopic (exact) mass is 485 g/mol. The highest BCUT2D eigenvalue weighted by atomic mass is 16.5. The standard InChI is InChI=1S/C24H31N5O6/c1-5-25-21(30)11-16-7-8-18-20(34-16)12-33-19-9-6-15(10-17(19)23(31)29(18)4)26-24(32)27-22-13(2)28-35-14(22)3/h6,9-10,16,18,20H,5,7-8,11-12H2,1-4H3,(H,25,30)(H2,26,27,32)/t16-,18-,20+/m0/s1. The minimum Gasteiger partial charge on any atom is -0.490 e. The Morgan fingerprint density at radius 3 is 2.71 bits per heavy atom. The molecule has 188 valence electrons. The molecule has 1 aromatic heterocycles. The summed E-state index contributed by atoms with van der Waals surface area (Å²) in [5, 5.41) is 12.1. The van der Waals surface area contributed by atoms with Gasteiger partial charge in [0.1, 0.15) is 29.8 Å². The fourth-order valence-corrected chi connectivity index (χ4v) is 4.52. The highest BCUT2D eigenvalue weighted by Crippen LogP contribution is 2.32. The third-order valence-corrected chi connectivity index (χ3v) is 6.33. The van der Waals surface area contributed by atoms with E-state index < -0.39 is 6.03 Å². The van der Waals surface area contributed by atoms with E-state index in [1.54, 1.807) is 44.0 Å². The summed E-state index contributed by atoms with van der Waals surface area (Å²) in [7, 11) is 1.74. The second-order valence-electron chi connectivity index (χ2n) is 8.82. The Balaban J connectivity index is 1.46. The topological polar surface area (TPSA) is 135 Å². The van der Waals surface area contributed by atoms with Gasteiger partial charge in [0.05, 0.1) is 24.1 Å². The van der Waals surface area contributed by atoms with Crippen molar-refractivity contribution in [1.29, 1.82) is 0 Å². The van der Waals surface area contributed by atoms with E-state index in [1.807, 2.05) is 6.92 Å². The van der Waals surface area contributed by atoms with Crippen LogP contribution in [0.2, 0.25) is 0 Å². The molecule has 1 aromatic carbocycles. The van der Waals surface area contributed by atoms with E-state index in [0.717, 1.165) is 0 Å². The summed E-state index contributed by atoms with van der Waals surface area (Å²) < 4.78 is 17.2. The normalized spacial score (nSPS) is 21.7. The van der Waals surface area contributed by atoms with Gasteiger partial charge < -0.3 is 34.8 Å². The molecule has 3 N–H and O–H groups in total. The number of aromatic nitrogens is 1. The molecule has 1 fully saturated rings. The number of carbonyl (C=O) groups is 3. The number of hydrogen-bond acceptors (Lipinski definition) is 7. The first-order valence-electron chi connectivity index (χ1n) is 11.7. The SMILES string of the molecule is CCNC(=O)C[C@@H]1CC[C@H]2[C@@H](COc3ccc(NC(=O)Nc4c(C)noc4C)cc3C(=O)N2C)O1. The molecule has 4 amide bonds. The lowest BCUT2D eigenvalue weighted by Crippen LogP contribution is -2.54. The van der Waals surface area contributed by atoms with Crippen molar-refractivity contribution in [1.82, 2.24) is 15.4 Å². The zero-order valence-corrected chi connectivity index (χ0v) is 20.3. The molecule has 1 saturated heterocycles. The van der Waals surface area contributed by atoms with Gasteiger partial charge in [0.25, 0.3) is 5.91 Å². The first-order valence-corrected chi connectivity index (χ1v) is 11.7. The highest BCUT2D eigenvalue weighted by molar-refractivity contribution is 6.03. The van der Waals surface area contributed by atoms with E-state index >= 15 is 0 Å². The highest BCUT2D eigenvalue weighted by Gasteiger charge is 2.39. The van der Waals surface area contributed by atoms with Crippen molar-refractivity contribution in [2.45, 2.75) is 58.3 Å². The molecule has 3 heterocycles. The van der Waals surface area contributed by atoms with Gasteiger partial charge in [0.2, 0.25) is 5.91 Å². The molecule has 2 aromatic rings. The average Bonchev–Trinajstić information content (AvgIpc) is 3.14. The molecule has 0 spiro atoms. The van der Waals surface area contributed by atoms with Gasteiger partial charge in [0.15, 0.2) is 5.76 Å². The third kappa shape index (κ3) is 5.40. The van der Waals surface area contributed by atoms with Crippen LogP contribution < -0.4 is 20.7 Å². The van der Waals surface area contributed by atoms with Crippen molar-refractivity contribution in [3.05, 3.63) is 35.2 Å². The summed E-state index contributed by atoms with van der Waals surface area (Å²) in [6.45, 7) is 6.14. The molecular formula is C24H31N5O6.